The number of carbonyl (C=O) groups is 2. The zero-order valence-electron chi connectivity index (χ0n) is 21.6. The summed E-state index contributed by atoms with van der Waals surface area (Å²) in [5.41, 5.74) is 3.71. The molecule has 0 radical (unpaired) electrons. The molecule has 41 heavy (non-hydrogen) atoms. The molecule has 0 unspecified atom stereocenters. The molecule has 0 saturated carbocycles. The van der Waals surface area contributed by atoms with Gasteiger partial charge in [-0.15, -0.1) is 0 Å². The average molecular weight is 568 g/mol. The fraction of sp³-hybridized carbons (Fsp3) is 0. The number of quaternary nitrogens is 1. The Morgan fingerprint density at radius 3 is 1.00 bits per heavy atom. The second-order valence-corrected chi connectivity index (χ2v) is 10.2. The van der Waals surface area contributed by atoms with Crippen LogP contribution in [0, 0.1) is 0 Å². The molecular weight excluding hydrogens is 542 g/mol. The maximum absolute atomic E-state index is 10.6. The van der Waals surface area contributed by atoms with Gasteiger partial charge in [0.15, 0.2) is 0 Å². The van der Waals surface area contributed by atoms with E-state index in [0.29, 0.717) is 16.6 Å². The van der Waals surface area contributed by atoms with Gasteiger partial charge in [0.25, 0.3) is 0 Å². The quantitative estimate of drug-likeness (QED) is 0.160. The molecular formula is C32H25NO7S. The third-order valence-corrected chi connectivity index (χ3v) is 7.08. The molecule has 5 aromatic rings. The molecule has 2 N–H and O–H groups in total. The van der Waals surface area contributed by atoms with Crippen LogP contribution in [0.25, 0.3) is 0 Å². The van der Waals surface area contributed by atoms with E-state index in [1.165, 1.54) is 22.7 Å². The standard InChI is InChI=1S/C24H20N.C8H6O7S/c1-5-13-21(14-6-1)25(22-15-7-2-8-16-22,23-17-9-3-10-18-23)24-19-11-4-12-20-24;9-7(10)4-1-5(8(11)12)3-6(2-4)16(13,14)15/h1-20H;1-3H,(H,9,10)(H,11,12)(H,13,14,15)/q+1;/p-1. The highest BCUT2D eigenvalue weighted by Crippen LogP contribution is 2.50. The molecule has 0 atom stereocenters. The Morgan fingerprint density at radius 1 is 0.512 bits per heavy atom. The lowest BCUT2D eigenvalue weighted by Gasteiger charge is -2.37. The van der Waals surface area contributed by atoms with Crippen molar-refractivity contribution in [3.8, 4) is 0 Å². The van der Waals surface area contributed by atoms with Crippen LogP contribution in [-0.2, 0) is 10.1 Å². The zero-order chi connectivity index (χ0) is 29.5. The first-order valence-electron chi connectivity index (χ1n) is 12.3. The molecule has 0 aromatic heterocycles. The number of hydrogen-bond donors (Lipinski definition) is 2. The fourth-order valence-electron chi connectivity index (χ4n) is 4.49. The van der Waals surface area contributed by atoms with Crippen molar-refractivity contribution in [2.24, 2.45) is 0 Å². The monoisotopic (exact) mass is 567 g/mol. The number of hydrogen-bond acceptors (Lipinski definition) is 5. The van der Waals surface area contributed by atoms with Crippen LogP contribution < -0.4 is 4.48 Å². The summed E-state index contributed by atoms with van der Waals surface area (Å²) in [6, 6.07) is 44.7. The predicted octanol–water partition coefficient (Wildman–Crippen LogP) is 6.98. The number of aromatic carboxylic acids is 2. The minimum Gasteiger partial charge on any atom is -0.744 e. The van der Waals surface area contributed by atoms with Gasteiger partial charge >= 0.3 is 11.9 Å². The van der Waals surface area contributed by atoms with E-state index < -0.39 is 38.1 Å². The van der Waals surface area contributed by atoms with Crippen LogP contribution in [0.15, 0.2) is 144 Å². The molecule has 0 bridgehead atoms. The predicted molar refractivity (Wildman–Crippen MR) is 155 cm³/mol. The number of carboxylic acids is 2. The first-order valence-corrected chi connectivity index (χ1v) is 13.7. The van der Waals surface area contributed by atoms with Gasteiger partial charge in [0.2, 0.25) is 0 Å². The Balaban J connectivity index is 0.000000210. The van der Waals surface area contributed by atoms with Crippen molar-refractivity contribution in [2.75, 3.05) is 0 Å². The maximum Gasteiger partial charge on any atom is 0.335 e. The van der Waals surface area contributed by atoms with E-state index in [1.54, 1.807) is 0 Å². The van der Waals surface area contributed by atoms with Gasteiger partial charge in [-0.2, -0.15) is 4.48 Å². The summed E-state index contributed by atoms with van der Waals surface area (Å²) in [6.07, 6.45) is 0. The second-order valence-electron chi connectivity index (χ2n) is 8.82. The lowest BCUT2D eigenvalue weighted by Crippen LogP contribution is -2.33. The summed E-state index contributed by atoms with van der Waals surface area (Å²) in [5, 5.41) is 17.2. The third-order valence-electron chi connectivity index (χ3n) is 6.26. The van der Waals surface area contributed by atoms with Gasteiger partial charge in [-0.25, -0.2) is 18.0 Å². The van der Waals surface area contributed by atoms with Gasteiger partial charge < -0.3 is 14.8 Å². The van der Waals surface area contributed by atoms with Crippen molar-refractivity contribution in [1.29, 1.82) is 0 Å². The first-order chi connectivity index (χ1) is 19.6. The van der Waals surface area contributed by atoms with Crippen LogP contribution in [0.5, 0.6) is 0 Å². The molecule has 0 spiro atoms. The summed E-state index contributed by atoms with van der Waals surface area (Å²) in [4.78, 5) is 20.2. The zero-order valence-corrected chi connectivity index (χ0v) is 22.4. The van der Waals surface area contributed by atoms with Crippen molar-refractivity contribution in [2.45, 2.75) is 4.90 Å². The summed E-state index contributed by atoms with van der Waals surface area (Å²) in [5.74, 6) is -3.04. The Morgan fingerprint density at radius 2 is 0.780 bits per heavy atom. The molecule has 0 saturated heterocycles. The lowest BCUT2D eigenvalue weighted by molar-refractivity contribution is 0.0696. The Labute approximate surface area is 237 Å². The highest BCUT2D eigenvalue weighted by molar-refractivity contribution is 7.85. The Bertz CT molecular complexity index is 1550. The maximum atomic E-state index is 10.6. The first kappa shape index (κ1) is 28.9. The molecule has 0 aliphatic rings. The molecule has 8 nitrogen and oxygen atoms in total. The van der Waals surface area contributed by atoms with Crippen LogP contribution in [0.4, 0.5) is 22.7 Å². The third kappa shape index (κ3) is 6.39. The summed E-state index contributed by atoms with van der Waals surface area (Å²) >= 11 is 0. The number of para-hydroxylation sites is 4. The Kier molecular flexibility index (Phi) is 8.74. The number of rotatable bonds is 7. The minimum atomic E-state index is -4.89. The minimum absolute atomic E-state index is 0.559. The molecule has 0 fully saturated rings. The molecule has 0 amide bonds. The molecule has 0 heterocycles. The van der Waals surface area contributed by atoms with E-state index in [4.69, 9.17) is 10.2 Å². The molecule has 0 aliphatic carbocycles. The second kappa shape index (κ2) is 12.4. The largest absolute Gasteiger partial charge is 0.744 e. The van der Waals surface area contributed by atoms with E-state index >= 15 is 0 Å². The van der Waals surface area contributed by atoms with Crippen molar-refractivity contribution in [1.82, 2.24) is 4.48 Å². The van der Waals surface area contributed by atoms with Gasteiger partial charge in [-0.05, 0) is 18.2 Å². The van der Waals surface area contributed by atoms with Crippen LogP contribution in [0.1, 0.15) is 20.7 Å². The van der Waals surface area contributed by atoms with Crippen LogP contribution in [-0.4, -0.2) is 35.1 Å². The highest BCUT2D eigenvalue weighted by Gasteiger charge is 2.38. The number of benzene rings is 5. The van der Waals surface area contributed by atoms with E-state index in [2.05, 4.69) is 121 Å². The average Bonchev–Trinajstić information content (AvgIpc) is 2.99. The summed E-state index contributed by atoms with van der Waals surface area (Å²) in [7, 11) is -4.89. The highest BCUT2D eigenvalue weighted by atomic mass is 32.2. The van der Waals surface area contributed by atoms with Gasteiger partial charge in [-0.1, -0.05) is 72.8 Å². The number of carboxylic acid groups (broad SMARTS) is 2. The van der Waals surface area contributed by atoms with E-state index in [0.717, 1.165) is 6.07 Å². The van der Waals surface area contributed by atoms with Gasteiger partial charge in [0.1, 0.15) is 32.9 Å². The summed E-state index contributed by atoms with van der Waals surface area (Å²) in [6.45, 7) is 0. The lowest BCUT2D eigenvalue weighted by atomic mass is 10.1. The normalized spacial score (nSPS) is 11.1. The van der Waals surface area contributed by atoms with Crippen molar-refractivity contribution in [3.05, 3.63) is 151 Å². The molecule has 5 aromatic carbocycles. The van der Waals surface area contributed by atoms with E-state index in [9.17, 15) is 22.6 Å². The fourth-order valence-corrected chi connectivity index (χ4v) is 5.03. The summed E-state index contributed by atoms with van der Waals surface area (Å²) < 4.78 is 32.5. The number of nitrogens with zero attached hydrogens (tertiary/aromatic N) is 1. The molecule has 9 heteroatoms. The van der Waals surface area contributed by atoms with Crippen LogP contribution in [0.3, 0.4) is 0 Å². The van der Waals surface area contributed by atoms with Crippen LogP contribution >= 0.6 is 0 Å². The van der Waals surface area contributed by atoms with Crippen molar-refractivity contribution < 1.29 is 32.8 Å². The SMILES string of the molecule is O=C(O)c1cc(C(=O)O)cc(S(=O)(=O)[O-])c1.c1ccc([N+](c2ccccc2)(c2ccccc2)c2ccccc2)cc1. The van der Waals surface area contributed by atoms with Gasteiger partial charge in [0.05, 0.1) is 16.0 Å². The van der Waals surface area contributed by atoms with Gasteiger partial charge in [-0.3, -0.25) is 0 Å². The molecule has 0 aliphatic heterocycles. The van der Waals surface area contributed by atoms with E-state index in [1.807, 2.05) is 0 Å². The molecule has 5 rings (SSSR count). The van der Waals surface area contributed by atoms with E-state index in [-0.39, 0.29) is 0 Å². The van der Waals surface area contributed by atoms with Crippen molar-refractivity contribution in [3.63, 3.8) is 0 Å². The molecule has 206 valence electrons. The van der Waals surface area contributed by atoms with Gasteiger partial charge in [0, 0.05) is 48.5 Å². The Hall–Kier alpha value is -5.09. The van der Waals surface area contributed by atoms with Crippen molar-refractivity contribution >= 4 is 44.8 Å². The smallest absolute Gasteiger partial charge is 0.335 e. The van der Waals surface area contributed by atoms with Crippen LogP contribution in [0.2, 0.25) is 0 Å². The topological polar surface area (TPSA) is 132 Å².